The van der Waals surface area contributed by atoms with Crippen LogP contribution in [0.1, 0.15) is 158 Å². The second-order valence-electron chi connectivity index (χ2n) is 13.2. The molecule has 0 amide bonds. The van der Waals surface area contributed by atoms with Gasteiger partial charge in [-0.05, 0) is 68.1 Å². The van der Waals surface area contributed by atoms with E-state index in [4.69, 9.17) is 9.47 Å². The van der Waals surface area contributed by atoms with Gasteiger partial charge in [-0.15, -0.1) is 0 Å². The minimum absolute atomic E-state index is 0.00632. The molecule has 0 fully saturated rings. The molecule has 0 radical (unpaired) electrons. The van der Waals surface area contributed by atoms with Crippen LogP contribution in [0.15, 0.2) is 0 Å². The van der Waals surface area contributed by atoms with E-state index in [2.05, 4.69) is 55.4 Å². The van der Waals surface area contributed by atoms with Crippen molar-refractivity contribution in [1.82, 2.24) is 0 Å². The summed E-state index contributed by atoms with van der Waals surface area (Å²) < 4.78 is 11.1. The van der Waals surface area contributed by atoms with Gasteiger partial charge in [0.1, 0.15) is 0 Å². The van der Waals surface area contributed by atoms with E-state index in [-0.39, 0.29) is 17.9 Å². The maximum atomic E-state index is 13.0. The van der Waals surface area contributed by atoms with E-state index in [0.29, 0.717) is 43.3 Å². The van der Waals surface area contributed by atoms with Gasteiger partial charge in [0.05, 0.1) is 19.1 Å². The maximum absolute atomic E-state index is 13.0. The van der Waals surface area contributed by atoms with Crippen LogP contribution in [0.5, 0.6) is 0 Å². The molecule has 0 heterocycles. The monoisotopic (exact) mass is 538 g/mol. The summed E-state index contributed by atoms with van der Waals surface area (Å²) in [6, 6.07) is 0. The third-order valence-electron chi connectivity index (χ3n) is 7.84. The highest BCUT2D eigenvalue weighted by Crippen LogP contribution is 2.33. The summed E-state index contributed by atoms with van der Waals surface area (Å²) in [6.45, 7) is 19.0. The first-order valence-electron chi connectivity index (χ1n) is 16.4. The summed E-state index contributed by atoms with van der Waals surface area (Å²) in [5.74, 6) is 2.64. The summed E-state index contributed by atoms with van der Waals surface area (Å²) in [5.41, 5.74) is 0. The number of esters is 2. The lowest BCUT2D eigenvalue weighted by Gasteiger charge is -2.31. The van der Waals surface area contributed by atoms with Crippen molar-refractivity contribution in [3.8, 4) is 0 Å². The molecule has 0 aromatic heterocycles. The lowest BCUT2D eigenvalue weighted by molar-refractivity contribution is -0.153. The van der Waals surface area contributed by atoms with E-state index in [0.717, 1.165) is 50.9 Å². The second-order valence-corrected chi connectivity index (χ2v) is 13.2. The molecule has 0 bridgehead atoms. The average molecular weight is 539 g/mol. The van der Waals surface area contributed by atoms with Gasteiger partial charge in [-0.3, -0.25) is 9.59 Å². The number of hydrogen-bond acceptors (Lipinski definition) is 4. The van der Waals surface area contributed by atoms with Gasteiger partial charge in [0.15, 0.2) is 0 Å². The van der Waals surface area contributed by atoms with Gasteiger partial charge in [0.2, 0.25) is 0 Å². The molecule has 226 valence electrons. The molecular weight excluding hydrogens is 472 g/mol. The second kappa shape index (κ2) is 23.8. The molecule has 4 nitrogen and oxygen atoms in total. The van der Waals surface area contributed by atoms with Crippen molar-refractivity contribution in [2.75, 3.05) is 13.2 Å². The Bertz CT molecular complexity index is 567. The van der Waals surface area contributed by atoms with E-state index in [9.17, 15) is 9.59 Å². The smallest absolute Gasteiger partial charge is 0.309 e. The molecule has 0 aliphatic carbocycles. The first-order valence-corrected chi connectivity index (χ1v) is 16.4. The van der Waals surface area contributed by atoms with Crippen LogP contribution < -0.4 is 0 Å². The maximum Gasteiger partial charge on any atom is 0.309 e. The summed E-state index contributed by atoms with van der Waals surface area (Å²) in [4.78, 5) is 24.8. The molecule has 0 aromatic rings. The number of ether oxygens (including phenoxy) is 2. The Balaban J connectivity index is 4.01. The van der Waals surface area contributed by atoms with Gasteiger partial charge in [-0.2, -0.15) is 0 Å². The van der Waals surface area contributed by atoms with Crippen molar-refractivity contribution in [3.63, 3.8) is 0 Å². The molecule has 0 N–H and O–H groups in total. The van der Waals surface area contributed by atoms with Crippen molar-refractivity contribution in [3.05, 3.63) is 0 Å². The molecular formula is C34H66O4. The lowest BCUT2D eigenvalue weighted by atomic mass is 9.74. The molecule has 2 unspecified atom stereocenters. The van der Waals surface area contributed by atoms with E-state index in [1.54, 1.807) is 0 Å². The summed E-state index contributed by atoms with van der Waals surface area (Å²) in [7, 11) is 0. The van der Waals surface area contributed by atoms with Crippen molar-refractivity contribution >= 4 is 11.9 Å². The van der Waals surface area contributed by atoms with Crippen LogP contribution in [-0.4, -0.2) is 25.2 Å². The predicted molar refractivity (Wildman–Crippen MR) is 162 cm³/mol. The predicted octanol–water partition coefficient (Wildman–Crippen LogP) is 10.2. The van der Waals surface area contributed by atoms with Gasteiger partial charge in [-0.1, -0.05) is 113 Å². The first kappa shape index (κ1) is 36.9. The summed E-state index contributed by atoms with van der Waals surface area (Å²) >= 11 is 0. The Labute approximate surface area is 237 Å². The van der Waals surface area contributed by atoms with Crippen LogP contribution in [0.4, 0.5) is 0 Å². The normalized spacial score (nSPS) is 13.5. The lowest BCUT2D eigenvalue weighted by Crippen LogP contribution is -2.33. The van der Waals surface area contributed by atoms with Crippen LogP contribution in [0, 0.1) is 35.5 Å². The number of carbonyl (C=O) groups excluding carboxylic acids is 2. The first-order chi connectivity index (χ1) is 18.1. The zero-order valence-electron chi connectivity index (χ0n) is 26.8. The fourth-order valence-corrected chi connectivity index (χ4v) is 5.42. The van der Waals surface area contributed by atoms with Gasteiger partial charge in [0, 0.05) is 6.42 Å². The van der Waals surface area contributed by atoms with E-state index < -0.39 is 0 Å². The Hall–Kier alpha value is -1.06. The number of carbonyl (C=O) groups is 2. The topological polar surface area (TPSA) is 52.6 Å². The van der Waals surface area contributed by atoms with Crippen molar-refractivity contribution in [2.24, 2.45) is 35.5 Å². The molecule has 0 aromatic carbocycles. The molecule has 0 saturated carbocycles. The molecule has 38 heavy (non-hydrogen) atoms. The largest absolute Gasteiger partial charge is 0.466 e. The van der Waals surface area contributed by atoms with Crippen LogP contribution in [0.3, 0.4) is 0 Å². The van der Waals surface area contributed by atoms with Crippen LogP contribution >= 0.6 is 0 Å². The van der Waals surface area contributed by atoms with Crippen molar-refractivity contribution < 1.29 is 19.1 Å². The highest BCUT2D eigenvalue weighted by Gasteiger charge is 2.33. The molecule has 0 spiro atoms. The Morgan fingerprint density at radius 2 is 0.947 bits per heavy atom. The zero-order chi connectivity index (χ0) is 28.8. The molecule has 0 saturated heterocycles. The van der Waals surface area contributed by atoms with Crippen molar-refractivity contribution in [2.45, 2.75) is 158 Å². The molecule has 0 aliphatic heterocycles. The van der Waals surface area contributed by atoms with Crippen molar-refractivity contribution in [1.29, 1.82) is 0 Å². The van der Waals surface area contributed by atoms with Gasteiger partial charge in [-0.25, -0.2) is 0 Å². The minimum atomic E-state index is -0.0241. The molecule has 0 aliphatic rings. The highest BCUT2D eigenvalue weighted by atomic mass is 16.5. The Morgan fingerprint density at radius 1 is 0.500 bits per heavy atom. The fourth-order valence-electron chi connectivity index (χ4n) is 5.42. The number of unbranched alkanes of at least 4 members (excludes halogenated alkanes) is 9. The van der Waals surface area contributed by atoms with Gasteiger partial charge in [0.25, 0.3) is 0 Å². The average Bonchev–Trinajstić information content (AvgIpc) is 2.83. The zero-order valence-corrected chi connectivity index (χ0v) is 26.8. The quantitative estimate of drug-likeness (QED) is 0.0857. The number of rotatable bonds is 25. The van der Waals surface area contributed by atoms with E-state index in [1.165, 1.54) is 51.4 Å². The standard InChI is InChI=1S/C34H66O4/c1-27(2)21-17-19-25-37-32(35)24-16-14-12-10-9-11-13-15-23-31(29(5)6)33(30(7)8)34(36)38-26-20-18-22-28(3)4/h27-31,33H,9-26H2,1-8H3. The van der Waals surface area contributed by atoms with Gasteiger partial charge < -0.3 is 9.47 Å². The van der Waals surface area contributed by atoms with Crippen LogP contribution in [0.25, 0.3) is 0 Å². The van der Waals surface area contributed by atoms with Crippen LogP contribution in [0.2, 0.25) is 0 Å². The summed E-state index contributed by atoms with van der Waals surface area (Å²) in [6.07, 6.45) is 17.8. The van der Waals surface area contributed by atoms with Gasteiger partial charge >= 0.3 is 11.9 Å². The van der Waals surface area contributed by atoms with Crippen LogP contribution in [-0.2, 0) is 19.1 Å². The third-order valence-corrected chi connectivity index (χ3v) is 7.84. The molecule has 2 atom stereocenters. The van der Waals surface area contributed by atoms with E-state index in [1.807, 2.05) is 0 Å². The molecule has 0 rings (SSSR count). The summed E-state index contributed by atoms with van der Waals surface area (Å²) in [5, 5.41) is 0. The minimum Gasteiger partial charge on any atom is -0.466 e. The van der Waals surface area contributed by atoms with E-state index >= 15 is 0 Å². The fraction of sp³-hybridized carbons (Fsp3) is 0.941. The third kappa shape index (κ3) is 20.8. The Morgan fingerprint density at radius 3 is 1.42 bits per heavy atom. The highest BCUT2D eigenvalue weighted by molar-refractivity contribution is 5.73. The number of hydrogen-bond donors (Lipinski definition) is 0. The SMILES string of the molecule is CC(C)CCCCOC(=O)CCCCCCCCCCC(C(C)C)C(C(=O)OCCCCC(C)C)C(C)C. The molecule has 4 heteroatoms. The Kier molecular flexibility index (Phi) is 23.1.